The molecule has 0 saturated heterocycles. The number of carbonyl (C=O) groups is 1. The molecular weight excluding hydrogens is 172 g/mol. The fourth-order valence-corrected chi connectivity index (χ4v) is 1.95. The van der Waals surface area contributed by atoms with Gasteiger partial charge in [0.1, 0.15) is 5.40 Å². The third-order valence-corrected chi connectivity index (χ3v) is 2.63. The van der Waals surface area contributed by atoms with Gasteiger partial charge in [0.05, 0.1) is 0 Å². The number of hydrogen-bond donors (Lipinski definition) is 1. The Kier molecular flexibility index (Phi) is 3.18. The molecule has 4 heteroatoms. The lowest BCUT2D eigenvalue weighted by atomic mass is 10.2. The van der Waals surface area contributed by atoms with Crippen LogP contribution in [0.2, 0.25) is 0 Å². The molecule has 0 bridgehead atoms. The summed E-state index contributed by atoms with van der Waals surface area (Å²) in [6.07, 6.45) is 2.68. The molecule has 0 saturated carbocycles. The highest BCUT2D eigenvalue weighted by Crippen LogP contribution is 2.33. The van der Waals surface area contributed by atoms with Crippen LogP contribution in [0, 0.1) is 10.7 Å². The summed E-state index contributed by atoms with van der Waals surface area (Å²) in [5.74, 6) is -0.0368. The molecule has 0 heterocycles. The summed E-state index contributed by atoms with van der Waals surface area (Å²) in [6, 6.07) is 0. The van der Waals surface area contributed by atoms with E-state index in [-0.39, 0.29) is 5.91 Å². The Balaban J connectivity index is 2.77. The molecule has 0 fully saturated rings. The van der Waals surface area contributed by atoms with Crippen LogP contribution in [0.4, 0.5) is 0 Å². The first-order chi connectivity index (χ1) is 5.79. The van der Waals surface area contributed by atoms with E-state index in [0.29, 0.717) is 0 Å². The monoisotopic (exact) mass is 182 g/mol. The van der Waals surface area contributed by atoms with Gasteiger partial charge in [-0.25, -0.2) is 0 Å². The normalized spacial score (nSPS) is 16.0. The zero-order chi connectivity index (χ0) is 8.97. The molecule has 1 N–H and O–H groups in total. The van der Waals surface area contributed by atoms with Gasteiger partial charge in [0.15, 0.2) is 0 Å². The van der Waals surface area contributed by atoms with Crippen molar-refractivity contribution >= 4 is 17.7 Å². The summed E-state index contributed by atoms with van der Waals surface area (Å²) in [4.78, 5) is 12.1. The predicted octanol–water partition coefficient (Wildman–Crippen LogP) is 1.38. The minimum Gasteiger partial charge on any atom is -0.355 e. The average Bonchev–Trinajstić information content (AvgIpc) is 2.52. The number of likely N-dealkylation sites (N-methyl/N-ethyl adjacent to an activating group) is 1. The topological polar surface area (TPSA) is 52.9 Å². The van der Waals surface area contributed by atoms with Crippen molar-refractivity contribution in [3.63, 3.8) is 0 Å². The summed E-state index contributed by atoms with van der Waals surface area (Å²) in [5, 5.41) is 13.0. The molecular formula is C8H10N2OS. The van der Waals surface area contributed by atoms with Crippen molar-refractivity contribution in [3.8, 4) is 5.40 Å². The minimum absolute atomic E-state index is 0.0368. The average molecular weight is 182 g/mol. The molecule has 0 aromatic carbocycles. The lowest BCUT2D eigenvalue weighted by Crippen LogP contribution is -2.19. The quantitative estimate of drug-likeness (QED) is 0.656. The largest absolute Gasteiger partial charge is 0.355 e. The van der Waals surface area contributed by atoms with Gasteiger partial charge >= 0.3 is 0 Å². The summed E-state index contributed by atoms with van der Waals surface area (Å²) >= 11 is 1.12. The molecule has 0 spiro atoms. The Morgan fingerprint density at radius 3 is 3.00 bits per heavy atom. The fourth-order valence-electron chi connectivity index (χ4n) is 1.27. The number of nitrogens with zero attached hydrogens (tertiary/aromatic N) is 1. The minimum atomic E-state index is -0.0368. The molecule has 0 unspecified atom stereocenters. The molecule has 12 heavy (non-hydrogen) atoms. The van der Waals surface area contributed by atoms with Crippen molar-refractivity contribution in [2.75, 3.05) is 7.05 Å². The van der Waals surface area contributed by atoms with Gasteiger partial charge in [0.2, 0.25) is 5.91 Å². The number of allylic oxidation sites excluding steroid dienone is 1. The number of nitrogens with one attached hydrogen (secondary N) is 1. The van der Waals surface area contributed by atoms with Gasteiger partial charge in [-0.2, -0.15) is 5.26 Å². The summed E-state index contributed by atoms with van der Waals surface area (Å²) < 4.78 is 0. The van der Waals surface area contributed by atoms with Crippen molar-refractivity contribution in [1.29, 1.82) is 5.26 Å². The van der Waals surface area contributed by atoms with E-state index < -0.39 is 0 Å². The van der Waals surface area contributed by atoms with Gasteiger partial charge in [-0.3, -0.25) is 4.79 Å². The highest BCUT2D eigenvalue weighted by atomic mass is 32.2. The summed E-state index contributed by atoms with van der Waals surface area (Å²) in [6.45, 7) is 0. The second kappa shape index (κ2) is 4.17. The van der Waals surface area contributed by atoms with Crippen LogP contribution in [-0.2, 0) is 4.79 Å². The van der Waals surface area contributed by atoms with Gasteiger partial charge in [0, 0.05) is 17.5 Å². The van der Waals surface area contributed by atoms with E-state index >= 15 is 0 Å². The molecule has 0 radical (unpaired) electrons. The smallest absolute Gasteiger partial charge is 0.247 e. The molecule has 3 nitrogen and oxygen atoms in total. The SMILES string of the molecule is CNC(=O)C1=C(SC#N)CCC1. The maximum absolute atomic E-state index is 11.2. The second-order valence-corrected chi connectivity index (χ2v) is 3.41. The van der Waals surface area contributed by atoms with Crippen molar-refractivity contribution in [2.45, 2.75) is 19.3 Å². The van der Waals surface area contributed by atoms with E-state index in [4.69, 9.17) is 5.26 Å². The number of thiocyanates is 1. The highest BCUT2D eigenvalue weighted by molar-refractivity contribution is 8.07. The van der Waals surface area contributed by atoms with Gasteiger partial charge < -0.3 is 5.32 Å². The Hall–Kier alpha value is -0.950. The maximum Gasteiger partial charge on any atom is 0.247 e. The van der Waals surface area contributed by atoms with Crippen LogP contribution in [0.3, 0.4) is 0 Å². The molecule has 0 aromatic heterocycles. The Morgan fingerprint density at radius 2 is 2.42 bits per heavy atom. The van der Waals surface area contributed by atoms with Crippen LogP contribution < -0.4 is 5.32 Å². The van der Waals surface area contributed by atoms with Crippen molar-refractivity contribution < 1.29 is 4.79 Å². The Morgan fingerprint density at radius 1 is 1.67 bits per heavy atom. The van der Waals surface area contributed by atoms with Crippen LogP contribution >= 0.6 is 11.8 Å². The van der Waals surface area contributed by atoms with E-state index in [1.165, 1.54) is 0 Å². The summed E-state index contributed by atoms with van der Waals surface area (Å²) in [5.41, 5.74) is 0.795. The standard InChI is InChI=1S/C8H10N2OS/c1-10-8(11)6-3-2-4-7(6)12-5-9/h2-4H2,1H3,(H,10,11). The molecule has 1 aliphatic carbocycles. The van der Waals surface area contributed by atoms with Gasteiger partial charge in [-0.1, -0.05) is 0 Å². The third kappa shape index (κ3) is 1.80. The highest BCUT2D eigenvalue weighted by Gasteiger charge is 2.19. The molecule has 1 aliphatic rings. The third-order valence-electron chi connectivity index (χ3n) is 1.84. The van der Waals surface area contributed by atoms with Crippen LogP contribution in [-0.4, -0.2) is 13.0 Å². The van der Waals surface area contributed by atoms with Crippen molar-refractivity contribution in [2.24, 2.45) is 0 Å². The number of rotatable bonds is 2. The molecule has 0 aromatic rings. The predicted molar refractivity (Wildman–Crippen MR) is 48.1 cm³/mol. The van der Waals surface area contributed by atoms with Gasteiger partial charge in [0.25, 0.3) is 0 Å². The molecule has 1 amide bonds. The lowest BCUT2D eigenvalue weighted by Gasteiger charge is -2.00. The van der Waals surface area contributed by atoms with E-state index in [0.717, 1.165) is 41.5 Å². The van der Waals surface area contributed by atoms with Gasteiger partial charge in [-0.15, -0.1) is 0 Å². The van der Waals surface area contributed by atoms with Crippen LogP contribution in [0.1, 0.15) is 19.3 Å². The lowest BCUT2D eigenvalue weighted by molar-refractivity contribution is -0.117. The van der Waals surface area contributed by atoms with Crippen LogP contribution in [0.15, 0.2) is 10.5 Å². The first-order valence-corrected chi connectivity index (χ1v) is 4.61. The van der Waals surface area contributed by atoms with E-state index in [1.54, 1.807) is 7.05 Å². The number of amides is 1. The zero-order valence-corrected chi connectivity index (χ0v) is 7.70. The van der Waals surface area contributed by atoms with E-state index in [9.17, 15) is 4.79 Å². The molecule has 0 aliphatic heterocycles. The van der Waals surface area contributed by atoms with Gasteiger partial charge in [-0.05, 0) is 31.0 Å². The van der Waals surface area contributed by atoms with Crippen LogP contribution in [0.25, 0.3) is 0 Å². The second-order valence-electron chi connectivity index (χ2n) is 2.53. The zero-order valence-electron chi connectivity index (χ0n) is 6.89. The Bertz CT molecular complexity index is 265. The number of thioether (sulfide) groups is 1. The van der Waals surface area contributed by atoms with E-state index in [2.05, 4.69) is 5.32 Å². The summed E-state index contributed by atoms with van der Waals surface area (Å²) in [7, 11) is 1.61. The van der Waals surface area contributed by atoms with Crippen molar-refractivity contribution in [3.05, 3.63) is 10.5 Å². The first-order valence-electron chi connectivity index (χ1n) is 3.79. The molecule has 1 rings (SSSR count). The number of carbonyl (C=O) groups excluding carboxylic acids is 1. The van der Waals surface area contributed by atoms with Crippen LogP contribution in [0.5, 0.6) is 0 Å². The molecule has 64 valence electrons. The van der Waals surface area contributed by atoms with Crippen molar-refractivity contribution in [1.82, 2.24) is 5.32 Å². The first kappa shape index (κ1) is 9.14. The maximum atomic E-state index is 11.2. The number of nitriles is 1. The van der Waals surface area contributed by atoms with E-state index in [1.807, 2.05) is 5.40 Å². The number of hydrogen-bond acceptors (Lipinski definition) is 3. The molecule has 0 atom stereocenters. The Labute approximate surface area is 75.8 Å². The fraction of sp³-hybridized carbons (Fsp3) is 0.500.